The van der Waals surface area contributed by atoms with Gasteiger partial charge in [-0.2, -0.15) is 0 Å². The number of halogens is 3. The molecule has 6 aromatic rings. The van der Waals surface area contributed by atoms with Crippen LogP contribution in [-0.4, -0.2) is 38.6 Å². The summed E-state index contributed by atoms with van der Waals surface area (Å²) in [6.45, 7) is 2.01. The summed E-state index contributed by atoms with van der Waals surface area (Å²) in [6.07, 6.45) is 10.9. The Kier molecular flexibility index (Phi) is 16.1. The van der Waals surface area contributed by atoms with Gasteiger partial charge in [-0.1, -0.05) is 24.3 Å². The molecule has 0 radical (unpaired) electrons. The second-order valence-corrected chi connectivity index (χ2v) is 7.86. The first-order valence-electron chi connectivity index (χ1n) is 11.2. The van der Waals surface area contributed by atoms with E-state index in [1.165, 1.54) is 5.52 Å². The smallest absolute Gasteiger partial charge is 1.00 e. The summed E-state index contributed by atoms with van der Waals surface area (Å²) in [5.74, 6) is 2.86. The molecular weight excluding hydrogens is 733 g/mol. The number of hydrogen-bond acceptors (Lipinski definition) is 5. The molecule has 0 saturated heterocycles. The first-order chi connectivity index (χ1) is 17.0. The second-order valence-electron chi connectivity index (χ2n) is 7.86. The maximum Gasteiger partial charge on any atom is 4.00 e. The zero-order valence-electron chi connectivity index (χ0n) is 21.8. The molecule has 0 bridgehead atoms. The van der Waals surface area contributed by atoms with E-state index in [0.717, 1.165) is 34.4 Å². The van der Waals surface area contributed by atoms with Crippen molar-refractivity contribution in [2.75, 3.05) is 0 Å². The molecule has 1 aromatic carbocycles. The minimum absolute atomic E-state index is 0. The largest absolute Gasteiger partial charge is 4.00 e. The monoisotopic (exact) mass is 761 g/mol. The molecule has 0 aliphatic rings. The third kappa shape index (κ3) is 9.26. The average molecular weight is 761 g/mol. The van der Waals surface area contributed by atoms with Crippen LogP contribution in [0.25, 0.3) is 34.1 Å². The van der Waals surface area contributed by atoms with Gasteiger partial charge in [-0.25, -0.2) is 15.0 Å². The van der Waals surface area contributed by atoms with Crippen LogP contribution in [0.3, 0.4) is 0 Å². The summed E-state index contributed by atoms with van der Waals surface area (Å²) in [6, 6.07) is 19.7. The molecule has 0 saturated carbocycles. The number of imidazole rings is 3. The van der Waals surface area contributed by atoms with E-state index in [9.17, 15) is 0 Å². The number of benzene rings is 1. The number of nitrogens with zero attached hydrogens (tertiary/aromatic N) is 8. The minimum Gasteiger partial charge on any atom is -1.00 e. The molecule has 0 N–H and O–H groups in total. The Bertz CT molecular complexity index is 1430. The number of pyridine rings is 2. The molecule has 0 fully saturated rings. The molecule has 204 valence electrons. The third-order valence-electron chi connectivity index (χ3n) is 5.44. The van der Waals surface area contributed by atoms with E-state index in [-0.39, 0.29) is 57.0 Å². The van der Waals surface area contributed by atoms with Gasteiger partial charge in [-0.15, -0.1) is 0 Å². The molecule has 0 aliphatic heterocycles. The van der Waals surface area contributed by atoms with Crippen LogP contribution in [-0.2, 0) is 40.9 Å². The molecule has 0 unspecified atom stereocenters. The van der Waals surface area contributed by atoms with Crippen molar-refractivity contribution in [3.05, 3.63) is 104 Å². The predicted molar refractivity (Wildman–Crippen MR) is 138 cm³/mol. The quantitative estimate of drug-likeness (QED) is 0.179. The van der Waals surface area contributed by atoms with Gasteiger partial charge in [0, 0.05) is 58.3 Å². The molecule has 0 aliphatic carbocycles. The number of fused-ring (bicyclic) bond motifs is 1. The first kappa shape index (κ1) is 35.9. The second kappa shape index (κ2) is 17.5. The standard InChI is InChI=1S/2C9H9N3.C9H10N2.3ClH.Os/c2*1-12-7-6-11-9(12)8-4-2-3-5-10-8;1-7-10-8-5-3-4-6-9(8)11(7)2;;;;/h2*2-7H,1H3;3-6H,1-2H3;3*1H;/q;;;;;;+4/p-3. The van der Waals surface area contributed by atoms with Crippen molar-refractivity contribution >= 4 is 11.0 Å². The topological polar surface area (TPSA) is 79.2 Å². The van der Waals surface area contributed by atoms with E-state index in [1.54, 1.807) is 24.8 Å². The molecule has 0 amide bonds. The van der Waals surface area contributed by atoms with Crippen LogP contribution in [0.15, 0.2) is 97.8 Å². The molecule has 6 rings (SSSR count). The third-order valence-corrected chi connectivity index (χ3v) is 5.44. The van der Waals surface area contributed by atoms with Crippen LogP contribution in [0.4, 0.5) is 0 Å². The number of aromatic nitrogens is 8. The zero-order chi connectivity index (χ0) is 24.6. The van der Waals surface area contributed by atoms with Crippen LogP contribution >= 0.6 is 0 Å². The van der Waals surface area contributed by atoms with Gasteiger partial charge in [0.05, 0.1) is 11.0 Å². The summed E-state index contributed by atoms with van der Waals surface area (Å²) < 4.78 is 5.99. The Morgan fingerprint density at radius 2 is 1.03 bits per heavy atom. The van der Waals surface area contributed by atoms with Gasteiger partial charge in [0.25, 0.3) is 0 Å². The fraction of sp³-hybridized carbons (Fsp3) is 0.148. The molecule has 0 spiro atoms. The van der Waals surface area contributed by atoms with Crippen molar-refractivity contribution in [2.45, 2.75) is 6.92 Å². The van der Waals surface area contributed by atoms with Crippen molar-refractivity contribution in [1.29, 1.82) is 0 Å². The Morgan fingerprint density at radius 3 is 1.41 bits per heavy atom. The molecule has 5 aromatic heterocycles. The van der Waals surface area contributed by atoms with Crippen molar-refractivity contribution in [3.8, 4) is 23.0 Å². The average Bonchev–Trinajstić information content (AvgIpc) is 3.60. The number of para-hydroxylation sites is 2. The van der Waals surface area contributed by atoms with Crippen LogP contribution in [0.1, 0.15) is 5.82 Å². The predicted octanol–water partition coefficient (Wildman–Crippen LogP) is -4.14. The maximum absolute atomic E-state index is 4.38. The first-order valence-corrected chi connectivity index (χ1v) is 11.2. The Morgan fingerprint density at radius 1 is 0.564 bits per heavy atom. The number of rotatable bonds is 2. The minimum atomic E-state index is 0. The zero-order valence-corrected chi connectivity index (χ0v) is 26.6. The Labute approximate surface area is 260 Å². The van der Waals surface area contributed by atoms with Gasteiger partial charge in [-0.05, 0) is 43.3 Å². The normalized spacial score (nSPS) is 9.23. The van der Waals surface area contributed by atoms with E-state index in [4.69, 9.17) is 0 Å². The van der Waals surface area contributed by atoms with Gasteiger partial charge in [0.2, 0.25) is 0 Å². The van der Waals surface area contributed by atoms with Crippen LogP contribution in [0.5, 0.6) is 0 Å². The Hall–Kier alpha value is -3.08. The van der Waals surface area contributed by atoms with Gasteiger partial charge in [-0.3, -0.25) is 9.97 Å². The molecule has 8 nitrogen and oxygen atoms in total. The van der Waals surface area contributed by atoms with Crippen molar-refractivity contribution in [1.82, 2.24) is 38.6 Å². The molecule has 0 atom stereocenters. The van der Waals surface area contributed by atoms with Gasteiger partial charge < -0.3 is 50.9 Å². The van der Waals surface area contributed by atoms with Gasteiger partial charge in [0.15, 0.2) is 11.6 Å². The fourth-order valence-electron chi connectivity index (χ4n) is 3.48. The van der Waals surface area contributed by atoms with Crippen LogP contribution < -0.4 is 37.2 Å². The van der Waals surface area contributed by atoms with Crippen molar-refractivity contribution in [3.63, 3.8) is 0 Å². The Balaban J connectivity index is 0.000000529. The molecule has 5 heterocycles. The maximum atomic E-state index is 4.38. The summed E-state index contributed by atoms with van der Waals surface area (Å²) in [5, 5.41) is 0. The molecule has 39 heavy (non-hydrogen) atoms. The number of aryl methyl sites for hydroxylation is 4. The molecular formula is C27H28Cl3N8Os+. The van der Waals surface area contributed by atoms with E-state index in [0.29, 0.717) is 0 Å². The van der Waals surface area contributed by atoms with E-state index >= 15 is 0 Å². The summed E-state index contributed by atoms with van der Waals surface area (Å²) >= 11 is 0. The van der Waals surface area contributed by atoms with Gasteiger partial charge >= 0.3 is 19.8 Å². The SMILES string of the molecule is Cc1nc2ccccc2n1C.Cn1ccnc1-c1ccccn1.Cn1ccnc1-c1ccccn1.[Cl-].[Cl-].[Cl-].[Os+4]. The van der Waals surface area contributed by atoms with E-state index in [1.807, 2.05) is 104 Å². The van der Waals surface area contributed by atoms with Gasteiger partial charge in [0.1, 0.15) is 17.2 Å². The van der Waals surface area contributed by atoms with Crippen LogP contribution in [0, 0.1) is 6.92 Å². The van der Waals surface area contributed by atoms with Crippen molar-refractivity contribution in [2.24, 2.45) is 21.1 Å². The van der Waals surface area contributed by atoms with E-state index in [2.05, 4.69) is 35.6 Å². The van der Waals surface area contributed by atoms with E-state index < -0.39 is 0 Å². The molecule has 12 heteroatoms. The fourth-order valence-corrected chi connectivity index (χ4v) is 3.48. The summed E-state index contributed by atoms with van der Waals surface area (Å²) in [5.41, 5.74) is 4.09. The summed E-state index contributed by atoms with van der Waals surface area (Å²) in [4.78, 5) is 21.1. The summed E-state index contributed by atoms with van der Waals surface area (Å²) in [7, 11) is 5.94. The van der Waals surface area contributed by atoms with Crippen LogP contribution in [0.2, 0.25) is 0 Å². The van der Waals surface area contributed by atoms with Crippen molar-refractivity contribution < 1.29 is 57.0 Å². The number of hydrogen-bond donors (Lipinski definition) is 0.